The van der Waals surface area contributed by atoms with Gasteiger partial charge in [0.05, 0.1) is 10.8 Å². The van der Waals surface area contributed by atoms with Gasteiger partial charge in [-0.25, -0.2) is 4.98 Å². The maximum Gasteiger partial charge on any atom is 0.237 e. The number of hydrogen-bond donors (Lipinski definition) is 1. The predicted octanol–water partition coefficient (Wildman–Crippen LogP) is 5.99. The molecule has 1 heterocycles. The first-order valence-electron chi connectivity index (χ1n) is 9.68. The quantitative estimate of drug-likeness (QED) is 0.478. The van der Waals surface area contributed by atoms with E-state index in [1.165, 1.54) is 11.8 Å². The number of ether oxygens (including phenoxy) is 1. The molecule has 0 aliphatic rings. The highest BCUT2D eigenvalue weighted by atomic mass is 32.2. The maximum atomic E-state index is 12.6. The molecule has 3 rings (SSSR count). The number of nitriles is 1. The Morgan fingerprint density at radius 2 is 1.67 bits per heavy atom. The van der Waals surface area contributed by atoms with Crippen LogP contribution in [0.2, 0.25) is 0 Å². The third-order valence-corrected chi connectivity index (χ3v) is 5.45. The molecule has 0 spiro atoms. The summed E-state index contributed by atoms with van der Waals surface area (Å²) in [5.41, 5.74) is 2.06. The Bertz CT molecular complexity index is 1040. The molecule has 1 amide bonds. The summed E-state index contributed by atoms with van der Waals surface area (Å²) in [6.07, 6.45) is 0. The van der Waals surface area contributed by atoms with E-state index in [0.29, 0.717) is 22.0 Å². The highest BCUT2D eigenvalue weighted by Crippen LogP contribution is 2.28. The van der Waals surface area contributed by atoms with Crippen LogP contribution in [0.15, 0.2) is 71.8 Å². The topological polar surface area (TPSA) is 75.0 Å². The molecule has 1 atom stereocenters. The number of carbonyl (C=O) groups is 1. The smallest absolute Gasteiger partial charge is 0.237 e. The van der Waals surface area contributed by atoms with Crippen LogP contribution in [0.25, 0.3) is 0 Å². The standard InChI is InChI=1S/C24H23N3O2S/c1-16(2)22-14-9-18(15-25)24(27-22)30-17(3)23(28)26-19-10-12-21(13-11-19)29-20-7-5-4-6-8-20/h4-14,16-17H,1-3H3,(H,26,28). The summed E-state index contributed by atoms with van der Waals surface area (Å²) in [4.78, 5) is 17.2. The number of anilines is 1. The van der Waals surface area contributed by atoms with Crippen LogP contribution in [-0.4, -0.2) is 16.1 Å². The monoisotopic (exact) mass is 417 g/mol. The van der Waals surface area contributed by atoms with Crippen LogP contribution < -0.4 is 10.1 Å². The summed E-state index contributed by atoms with van der Waals surface area (Å²) < 4.78 is 5.77. The van der Waals surface area contributed by atoms with Crippen LogP contribution in [0.3, 0.4) is 0 Å². The summed E-state index contributed by atoms with van der Waals surface area (Å²) in [6, 6.07) is 22.5. The van der Waals surface area contributed by atoms with E-state index in [4.69, 9.17) is 4.74 Å². The van der Waals surface area contributed by atoms with Gasteiger partial charge in [0.2, 0.25) is 5.91 Å². The SMILES string of the molecule is CC(Sc1nc(C(C)C)ccc1C#N)C(=O)Nc1ccc(Oc2ccccc2)cc1. The van der Waals surface area contributed by atoms with Gasteiger partial charge < -0.3 is 10.1 Å². The number of aromatic nitrogens is 1. The van der Waals surface area contributed by atoms with Gasteiger partial charge in [0.15, 0.2) is 0 Å². The number of rotatable bonds is 7. The van der Waals surface area contributed by atoms with E-state index in [-0.39, 0.29) is 11.8 Å². The van der Waals surface area contributed by atoms with Gasteiger partial charge in [-0.1, -0.05) is 43.8 Å². The number of thioether (sulfide) groups is 1. The van der Waals surface area contributed by atoms with Crippen molar-refractivity contribution in [1.29, 1.82) is 5.26 Å². The van der Waals surface area contributed by atoms with Crippen molar-refractivity contribution < 1.29 is 9.53 Å². The van der Waals surface area contributed by atoms with Crippen molar-refractivity contribution in [2.45, 2.75) is 37.0 Å². The van der Waals surface area contributed by atoms with Crippen LogP contribution in [0, 0.1) is 11.3 Å². The molecule has 30 heavy (non-hydrogen) atoms. The lowest BCUT2D eigenvalue weighted by Gasteiger charge is -2.14. The molecule has 1 unspecified atom stereocenters. The minimum atomic E-state index is -0.410. The van der Waals surface area contributed by atoms with E-state index in [1.807, 2.05) is 62.4 Å². The minimum absolute atomic E-state index is 0.155. The lowest BCUT2D eigenvalue weighted by Crippen LogP contribution is -2.22. The van der Waals surface area contributed by atoms with Gasteiger partial charge in [-0.05, 0) is 61.4 Å². The first kappa shape index (κ1) is 21.4. The molecule has 0 aliphatic heterocycles. The van der Waals surface area contributed by atoms with Crippen LogP contribution in [0.1, 0.15) is 37.9 Å². The Morgan fingerprint density at radius 3 is 2.30 bits per heavy atom. The van der Waals surface area contributed by atoms with Crippen LogP contribution in [0.4, 0.5) is 5.69 Å². The first-order valence-corrected chi connectivity index (χ1v) is 10.6. The molecule has 1 aromatic heterocycles. The Labute approximate surface area is 181 Å². The molecular weight excluding hydrogens is 394 g/mol. The highest BCUT2D eigenvalue weighted by molar-refractivity contribution is 8.00. The molecule has 0 bridgehead atoms. The van der Waals surface area contributed by atoms with Crippen molar-refractivity contribution in [1.82, 2.24) is 4.98 Å². The zero-order chi connectivity index (χ0) is 21.5. The molecular formula is C24H23N3O2S. The summed E-state index contributed by atoms with van der Waals surface area (Å²) in [5.74, 6) is 1.54. The summed E-state index contributed by atoms with van der Waals surface area (Å²) in [7, 11) is 0. The van der Waals surface area contributed by atoms with Gasteiger partial charge in [-0.15, -0.1) is 0 Å². The number of para-hydroxylation sites is 1. The molecule has 0 saturated heterocycles. The molecule has 0 radical (unpaired) electrons. The third-order valence-electron chi connectivity index (χ3n) is 4.35. The fourth-order valence-electron chi connectivity index (χ4n) is 2.65. The molecule has 6 heteroatoms. The van der Waals surface area contributed by atoms with E-state index >= 15 is 0 Å². The second-order valence-electron chi connectivity index (χ2n) is 7.04. The second kappa shape index (κ2) is 9.95. The van der Waals surface area contributed by atoms with E-state index in [9.17, 15) is 10.1 Å². The number of carbonyl (C=O) groups excluding carboxylic acids is 1. The maximum absolute atomic E-state index is 12.6. The zero-order valence-electron chi connectivity index (χ0n) is 17.1. The van der Waals surface area contributed by atoms with Crippen molar-refractivity contribution >= 4 is 23.4 Å². The fourth-order valence-corrected chi connectivity index (χ4v) is 3.55. The minimum Gasteiger partial charge on any atom is -0.457 e. The van der Waals surface area contributed by atoms with Gasteiger partial charge in [0.25, 0.3) is 0 Å². The lowest BCUT2D eigenvalue weighted by molar-refractivity contribution is -0.115. The molecule has 0 aliphatic carbocycles. The van der Waals surface area contributed by atoms with Gasteiger partial charge in [0.1, 0.15) is 22.6 Å². The number of pyridine rings is 1. The van der Waals surface area contributed by atoms with Gasteiger partial charge in [-0.2, -0.15) is 5.26 Å². The second-order valence-corrected chi connectivity index (χ2v) is 8.37. The normalized spacial score (nSPS) is 11.6. The number of hydrogen-bond acceptors (Lipinski definition) is 5. The molecule has 3 aromatic rings. The van der Waals surface area contributed by atoms with E-state index < -0.39 is 5.25 Å². The van der Waals surface area contributed by atoms with Crippen molar-refractivity contribution in [2.24, 2.45) is 0 Å². The van der Waals surface area contributed by atoms with Gasteiger partial charge >= 0.3 is 0 Å². The van der Waals surface area contributed by atoms with E-state index in [0.717, 1.165) is 11.4 Å². The predicted molar refractivity (Wildman–Crippen MR) is 120 cm³/mol. The highest BCUT2D eigenvalue weighted by Gasteiger charge is 2.18. The largest absolute Gasteiger partial charge is 0.457 e. The molecule has 0 saturated carbocycles. The lowest BCUT2D eigenvalue weighted by atomic mass is 10.1. The average molecular weight is 418 g/mol. The van der Waals surface area contributed by atoms with E-state index in [2.05, 4.69) is 16.4 Å². The first-order chi connectivity index (χ1) is 14.5. The number of nitrogens with zero attached hydrogens (tertiary/aromatic N) is 2. The van der Waals surface area contributed by atoms with Crippen molar-refractivity contribution in [3.05, 3.63) is 78.0 Å². The molecule has 5 nitrogen and oxygen atoms in total. The summed E-state index contributed by atoms with van der Waals surface area (Å²) >= 11 is 1.29. The van der Waals surface area contributed by atoms with Crippen LogP contribution in [-0.2, 0) is 4.79 Å². The van der Waals surface area contributed by atoms with Crippen LogP contribution >= 0.6 is 11.8 Å². The number of nitrogens with one attached hydrogen (secondary N) is 1. The molecule has 152 valence electrons. The van der Waals surface area contributed by atoms with Gasteiger partial charge in [0, 0.05) is 11.4 Å². The summed E-state index contributed by atoms with van der Waals surface area (Å²) in [5, 5.41) is 12.4. The number of benzene rings is 2. The Balaban J connectivity index is 1.63. The Morgan fingerprint density at radius 1 is 1.00 bits per heavy atom. The molecule has 0 fully saturated rings. The van der Waals surface area contributed by atoms with Crippen molar-refractivity contribution in [2.75, 3.05) is 5.32 Å². The zero-order valence-corrected chi connectivity index (χ0v) is 17.9. The summed E-state index contributed by atoms with van der Waals surface area (Å²) in [6.45, 7) is 5.89. The van der Waals surface area contributed by atoms with Crippen LogP contribution in [0.5, 0.6) is 11.5 Å². The molecule has 1 N–H and O–H groups in total. The third kappa shape index (κ3) is 5.62. The fraction of sp³-hybridized carbons (Fsp3) is 0.208. The number of amides is 1. The Kier molecular flexibility index (Phi) is 7.10. The van der Waals surface area contributed by atoms with Crippen molar-refractivity contribution in [3.8, 4) is 17.6 Å². The van der Waals surface area contributed by atoms with Crippen molar-refractivity contribution in [3.63, 3.8) is 0 Å². The van der Waals surface area contributed by atoms with Gasteiger partial charge in [-0.3, -0.25) is 4.79 Å². The Hall–Kier alpha value is -3.30. The average Bonchev–Trinajstić information content (AvgIpc) is 2.75. The van der Waals surface area contributed by atoms with E-state index in [1.54, 1.807) is 25.1 Å². The molecule has 2 aromatic carbocycles.